The van der Waals surface area contributed by atoms with E-state index < -0.39 is 5.25 Å². The summed E-state index contributed by atoms with van der Waals surface area (Å²) in [6, 6.07) is 33.6. The van der Waals surface area contributed by atoms with Crippen molar-refractivity contribution in [3.63, 3.8) is 0 Å². The Kier molecular flexibility index (Phi) is 8.19. The van der Waals surface area contributed by atoms with Crippen LogP contribution in [0.15, 0.2) is 108 Å². The average Bonchev–Trinajstić information content (AvgIpc) is 2.86. The minimum Gasteiger partial charge on any atom is -0.332 e. The molecule has 0 fully saturated rings. The second-order valence-electron chi connectivity index (χ2n) is 8.14. The van der Waals surface area contributed by atoms with Gasteiger partial charge in [-0.1, -0.05) is 72.8 Å². The number of rotatable bonds is 7. The Labute approximate surface area is 216 Å². The lowest BCUT2D eigenvalue weighted by Crippen LogP contribution is -2.20. The monoisotopic (exact) mass is 497 g/mol. The molecule has 35 heavy (non-hydrogen) atoms. The maximum Gasteiger partial charge on any atom is 0.242 e. The van der Waals surface area contributed by atoms with Gasteiger partial charge in [0.05, 0.1) is 0 Å². The summed E-state index contributed by atoms with van der Waals surface area (Å²) in [5.41, 5.74) is 5.67. The molecule has 0 aliphatic carbocycles. The highest BCUT2D eigenvalue weighted by molar-refractivity contribution is 8.00. The normalized spacial score (nSPS) is 11.4. The van der Waals surface area contributed by atoms with Gasteiger partial charge in [-0.15, -0.1) is 11.8 Å². The lowest BCUT2D eigenvalue weighted by molar-refractivity contribution is -0.115. The number of aryl methyl sites for hydroxylation is 2. The minimum absolute atomic E-state index is 0.0572. The van der Waals surface area contributed by atoms with Gasteiger partial charge in [-0.3, -0.25) is 4.79 Å². The fourth-order valence-corrected chi connectivity index (χ4v) is 5.02. The first-order chi connectivity index (χ1) is 17.0. The third-order valence-electron chi connectivity index (χ3n) is 5.45. The van der Waals surface area contributed by atoms with Gasteiger partial charge in [-0.25, -0.2) is 0 Å². The van der Waals surface area contributed by atoms with Gasteiger partial charge in [0, 0.05) is 22.0 Å². The van der Waals surface area contributed by atoms with Crippen molar-refractivity contribution in [2.45, 2.75) is 24.0 Å². The van der Waals surface area contributed by atoms with Crippen LogP contribution in [0.2, 0.25) is 0 Å². The molecule has 1 amide bonds. The van der Waals surface area contributed by atoms with Crippen LogP contribution in [0.4, 0.5) is 17.1 Å². The molecule has 4 aromatic carbocycles. The Morgan fingerprint density at radius 1 is 0.714 bits per heavy atom. The van der Waals surface area contributed by atoms with Gasteiger partial charge in [0.1, 0.15) is 5.25 Å². The second kappa shape index (κ2) is 11.7. The van der Waals surface area contributed by atoms with E-state index in [-0.39, 0.29) is 5.91 Å². The minimum atomic E-state index is -0.417. The molecule has 4 aromatic rings. The zero-order chi connectivity index (χ0) is 24.6. The Morgan fingerprint density at radius 2 is 1.29 bits per heavy atom. The average molecular weight is 498 g/mol. The van der Waals surface area contributed by atoms with Gasteiger partial charge in [-0.2, -0.15) is 0 Å². The molecular formula is C29H27N3OS2. The van der Waals surface area contributed by atoms with E-state index in [4.69, 9.17) is 12.2 Å². The Morgan fingerprint density at radius 3 is 1.97 bits per heavy atom. The van der Waals surface area contributed by atoms with Crippen LogP contribution < -0.4 is 16.0 Å². The van der Waals surface area contributed by atoms with Crippen LogP contribution in [0.5, 0.6) is 0 Å². The first-order valence-corrected chi connectivity index (χ1v) is 12.6. The van der Waals surface area contributed by atoms with E-state index in [1.807, 2.05) is 117 Å². The first kappa shape index (κ1) is 24.5. The smallest absolute Gasteiger partial charge is 0.242 e. The summed E-state index contributed by atoms with van der Waals surface area (Å²) in [4.78, 5) is 14.5. The fourth-order valence-electron chi connectivity index (χ4n) is 3.70. The molecule has 0 radical (unpaired) electrons. The highest BCUT2D eigenvalue weighted by Crippen LogP contribution is 2.37. The first-order valence-electron chi connectivity index (χ1n) is 11.3. The topological polar surface area (TPSA) is 53.2 Å². The molecular weight excluding hydrogens is 470 g/mol. The third kappa shape index (κ3) is 6.72. The van der Waals surface area contributed by atoms with E-state index in [9.17, 15) is 4.79 Å². The standard InChI is InChI=1S/C29H27N3OS2/c1-20-11-9-12-21(2)26(20)32-28(33)27(22-13-5-3-6-14-22)35-25-18-10-17-24(19-25)31-29(34)30-23-15-7-4-8-16-23/h3-19,27H,1-2H3,(H,32,33)(H2,30,31,34). The number of benzene rings is 4. The molecule has 4 nitrogen and oxygen atoms in total. The molecule has 3 N–H and O–H groups in total. The van der Waals surface area contributed by atoms with Crippen molar-refractivity contribution in [2.24, 2.45) is 0 Å². The van der Waals surface area contributed by atoms with Crippen LogP contribution in [0.3, 0.4) is 0 Å². The molecule has 0 heterocycles. The Balaban J connectivity index is 1.52. The number of hydrogen-bond donors (Lipinski definition) is 3. The van der Waals surface area contributed by atoms with Crippen LogP contribution in [0, 0.1) is 13.8 Å². The van der Waals surface area contributed by atoms with Crippen molar-refractivity contribution >= 4 is 52.1 Å². The maximum absolute atomic E-state index is 13.5. The zero-order valence-corrected chi connectivity index (χ0v) is 21.3. The van der Waals surface area contributed by atoms with Crippen LogP contribution >= 0.6 is 24.0 Å². The highest BCUT2D eigenvalue weighted by atomic mass is 32.2. The van der Waals surface area contributed by atoms with Crippen LogP contribution in [-0.2, 0) is 4.79 Å². The highest BCUT2D eigenvalue weighted by Gasteiger charge is 2.23. The zero-order valence-electron chi connectivity index (χ0n) is 19.6. The number of hydrogen-bond acceptors (Lipinski definition) is 3. The molecule has 6 heteroatoms. The second-order valence-corrected chi connectivity index (χ2v) is 9.72. The maximum atomic E-state index is 13.5. The number of anilines is 3. The molecule has 0 spiro atoms. The van der Waals surface area contributed by atoms with Crippen molar-refractivity contribution in [3.05, 3.63) is 120 Å². The van der Waals surface area contributed by atoms with E-state index in [0.29, 0.717) is 5.11 Å². The molecule has 0 aliphatic rings. The molecule has 0 aromatic heterocycles. The third-order valence-corrected chi connectivity index (χ3v) is 6.90. The van der Waals surface area contributed by atoms with Gasteiger partial charge < -0.3 is 16.0 Å². The summed E-state index contributed by atoms with van der Waals surface area (Å²) in [5, 5.41) is 9.67. The van der Waals surface area contributed by atoms with Crippen molar-refractivity contribution in [2.75, 3.05) is 16.0 Å². The number of para-hydroxylation sites is 2. The van der Waals surface area contributed by atoms with E-state index >= 15 is 0 Å². The summed E-state index contributed by atoms with van der Waals surface area (Å²) in [5.74, 6) is -0.0572. The summed E-state index contributed by atoms with van der Waals surface area (Å²) in [6.07, 6.45) is 0. The van der Waals surface area contributed by atoms with E-state index in [1.165, 1.54) is 11.8 Å². The molecule has 0 bridgehead atoms. The number of carbonyl (C=O) groups excluding carboxylic acids is 1. The molecule has 1 atom stereocenters. The van der Waals surface area contributed by atoms with Gasteiger partial charge in [0.15, 0.2) is 5.11 Å². The number of carbonyl (C=O) groups is 1. The van der Waals surface area contributed by atoms with E-state index in [0.717, 1.165) is 38.6 Å². The summed E-state index contributed by atoms with van der Waals surface area (Å²) in [7, 11) is 0. The number of thioether (sulfide) groups is 1. The van der Waals surface area contributed by atoms with Gasteiger partial charge in [-0.05, 0) is 73.1 Å². The number of thiocarbonyl (C=S) groups is 1. The van der Waals surface area contributed by atoms with Gasteiger partial charge >= 0.3 is 0 Å². The van der Waals surface area contributed by atoms with Crippen LogP contribution in [-0.4, -0.2) is 11.0 Å². The largest absolute Gasteiger partial charge is 0.332 e. The fraction of sp³-hybridized carbons (Fsp3) is 0.103. The SMILES string of the molecule is Cc1cccc(C)c1NC(=O)C(Sc1cccc(NC(=S)Nc2ccccc2)c1)c1ccccc1. The van der Waals surface area contributed by atoms with E-state index in [1.54, 1.807) is 0 Å². The number of amides is 1. The molecule has 0 saturated heterocycles. The Hall–Kier alpha value is -3.61. The van der Waals surface area contributed by atoms with Crippen LogP contribution in [0.25, 0.3) is 0 Å². The lowest BCUT2D eigenvalue weighted by atomic mass is 10.1. The number of nitrogens with one attached hydrogen (secondary N) is 3. The van der Waals surface area contributed by atoms with E-state index in [2.05, 4.69) is 16.0 Å². The van der Waals surface area contributed by atoms with Crippen molar-refractivity contribution in [1.82, 2.24) is 0 Å². The summed E-state index contributed by atoms with van der Waals surface area (Å²) < 4.78 is 0. The van der Waals surface area contributed by atoms with Crippen molar-refractivity contribution in [3.8, 4) is 0 Å². The van der Waals surface area contributed by atoms with Crippen molar-refractivity contribution < 1.29 is 4.79 Å². The molecule has 0 saturated carbocycles. The lowest BCUT2D eigenvalue weighted by Gasteiger charge is -2.19. The molecule has 4 rings (SSSR count). The predicted octanol–water partition coefficient (Wildman–Crippen LogP) is 7.58. The Bertz CT molecular complexity index is 1290. The molecule has 1 unspecified atom stereocenters. The van der Waals surface area contributed by atoms with Gasteiger partial charge in [0.25, 0.3) is 0 Å². The predicted molar refractivity (Wildman–Crippen MR) is 152 cm³/mol. The molecule has 0 aliphatic heterocycles. The quantitative estimate of drug-likeness (QED) is 0.181. The summed E-state index contributed by atoms with van der Waals surface area (Å²) >= 11 is 6.98. The molecule has 176 valence electrons. The van der Waals surface area contributed by atoms with Crippen molar-refractivity contribution in [1.29, 1.82) is 0 Å². The summed E-state index contributed by atoms with van der Waals surface area (Å²) in [6.45, 7) is 4.02. The van der Waals surface area contributed by atoms with Crippen LogP contribution in [0.1, 0.15) is 21.9 Å². The van der Waals surface area contributed by atoms with Gasteiger partial charge in [0.2, 0.25) is 5.91 Å².